The Hall–Kier alpha value is -0.870. The molecule has 1 aromatic rings. The summed E-state index contributed by atoms with van der Waals surface area (Å²) in [5.74, 6) is 0.0150. The summed E-state index contributed by atoms with van der Waals surface area (Å²) in [6.07, 6.45) is 0. The van der Waals surface area contributed by atoms with Crippen LogP contribution in [0.4, 0.5) is 0 Å². The molecule has 72 valence electrons. The molecule has 1 amide bonds. The van der Waals surface area contributed by atoms with E-state index in [2.05, 4.69) is 5.32 Å². The van der Waals surface area contributed by atoms with Gasteiger partial charge in [0, 0.05) is 0 Å². The van der Waals surface area contributed by atoms with Gasteiger partial charge in [-0.3, -0.25) is 9.69 Å². The molecule has 13 heavy (non-hydrogen) atoms. The van der Waals surface area contributed by atoms with Gasteiger partial charge in [-0.15, -0.1) is 11.3 Å². The van der Waals surface area contributed by atoms with Crippen LogP contribution >= 0.6 is 11.3 Å². The van der Waals surface area contributed by atoms with Gasteiger partial charge in [-0.1, -0.05) is 0 Å². The topological polar surface area (TPSA) is 32.3 Å². The fraction of sp³-hybridized carbons (Fsp3) is 0.444. The molecule has 3 nitrogen and oxygen atoms in total. The van der Waals surface area contributed by atoms with E-state index in [4.69, 9.17) is 0 Å². The highest BCUT2D eigenvalue weighted by Crippen LogP contribution is 2.14. The van der Waals surface area contributed by atoms with E-state index in [1.165, 1.54) is 11.3 Å². The second-order valence-corrected chi connectivity index (χ2v) is 4.09. The molecule has 0 aliphatic rings. The van der Waals surface area contributed by atoms with Gasteiger partial charge >= 0.3 is 0 Å². The van der Waals surface area contributed by atoms with Crippen molar-refractivity contribution in [2.75, 3.05) is 20.8 Å². The normalized spacial score (nSPS) is 10.5. The van der Waals surface area contributed by atoms with Crippen molar-refractivity contribution in [2.24, 2.45) is 0 Å². The molecule has 0 saturated carbocycles. The predicted molar refractivity (Wildman–Crippen MR) is 55.1 cm³/mol. The molecule has 0 unspecified atom stereocenters. The summed E-state index contributed by atoms with van der Waals surface area (Å²) in [6.45, 7) is 2.53. The molecule has 0 saturated heterocycles. The monoisotopic (exact) mass is 198 g/mol. The third kappa shape index (κ3) is 2.82. The van der Waals surface area contributed by atoms with Crippen LogP contribution in [0.2, 0.25) is 0 Å². The summed E-state index contributed by atoms with van der Waals surface area (Å²) in [7, 11) is 3.84. The van der Waals surface area contributed by atoms with E-state index in [0.29, 0.717) is 6.67 Å². The van der Waals surface area contributed by atoms with E-state index in [9.17, 15) is 4.79 Å². The lowest BCUT2D eigenvalue weighted by molar-refractivity contribution is 0.0939. The summed E-state index contributed by atoms with van der Waals surface area (Å²) in [5.41, 5.74) is 1.04. The maximum Gasteiger partial charge on any atom is 0.262 e. The molecule has 0 fully saturated rings. The molecule has 1 rings (SSSR count). The Kier molecular flexibility index (Phi) is 3.45. The van der Waals surface area contributed by atoms with Crippen LogP contribution in [-0.2, 0) is 0 Å². The van der Waals surface area contributed by atoms with Crippen molar-refractivity contribution in [3.8, 4) is 0 Å². The number of rotatable bonds is 3. The second kappa shape index (κ2) is 4.39. The minimum absolute atomic E-state index is 0.0150. The SMILES string of the molecule is Cc1ccsc1C(=O)NCN(C)C. The van der Waals surface area contributed by atoms with Gasteiger partial charge < -0.3 is 5.32 Å². The molecule has 1 N–H and O–H groups in total. The lowest BCUT2D eigenvalue weighted by atomic mass is 10.3. The van der Waals surface area contributed by atoms with Gasteiger partial charge in [0.05, 0.1) is 11.5 Å². The fourth-order valence-electron chi connectivity index (χ4n) is 0.916. The first-order valence-electron chi connectivity index (χ1n) is 4.08. The van der Waals surface area contributed by atoms with Crippen molar-refractivity contribution >= 4 is 17.2 Å². The van der Waals surface area contributed by atoms with Gasteiger partial charge in [0.15, 0.2) is 0 Å². The standard InChI is InChI=1S/C9H14N2OS/c1-7-4-5-13-8(7)9(12)10-6-11(2)3/h4-5H,6H2,1-3H3,(H,10,12). The molecular weight excluding hydrogens is 184 g/mol. The van der Waals surface area contributed by atoms with Crippen molar-refractivity contribution in [1.29, 1.82) is 0 Å². The Labute approximate surface area is 82.4 Å². The molecule has 0 atom stereocenters. The predicted octanol–water partition coefficient (Wildman–Crippen LogP) is 1.31. The maximum absolute atomic E-state index is 11.5. The van der Waals surface area contributed by atoms with Crippen LogP contribution in [0, 0.1) is 6.92 Å². The summed E-state index contributed by atoms with van der Waals surface area (Å²) < 4.78 is 0. The average Bonchev–Trinajstić information content (AvgIpc) is 2.47. The maximum atomic E-state index is 11.5. The minimum atomic E-state index is 0.0150. The van der Waals surface area contributed by atoms with Crippen molar-refractivity contribution < 1.29 is 4.79 Å². The second-order valence-electron chi connectivity index (χ2n) is 3.18. The van der Waals surface area contributed by atoms with Crippen molar-refractivity contribution in [2.45, 2.75) is 6.92 Å². The number of aryl methyl sites for hydroxylation is 1. The fourth-order valence-corrected chi connectivity index (χ4v) is 1.76. The number of nitrogens with zero attached hydrogens (tertiary/aromatic N) is 1. The molecule has 0 aliphatic carbocycles. The third-order valence-electron chi connectivity index (χ3n) is 1.62. The summed E-state index contributed by atoms with van der Waals surface area (Å²) in [6, 6.07) is 1.95. The number of carbonyl (C=O) groups excluding carboxylic acids is 1. The number of hydrogen-bond donors (Lipinski definition) is 1. The van der Waals surface area contributed by atoms with Crippen LogP contribution in [-0.4, -0.2) is 31.6 Å². The number of nitrogens with one attached hydrogen (secondary N) is 1. The summed E-state index contributed by atoms with van der Waals surface area (Å²) in [5, 5.41) is 4.75. The Morgan fingerprint density at radius 2 is 2.31 bits per heavy atom. The van der Waals surface area contributed by atoms with Crippen molar-refractivity contribution in [3.05, 3.63) is 21.9 Å². The van der Waals surface area contributed by atoms with Gasteiger partial charge in [0.1, 0.15) is 0 Å². The third-order valence-corrected chi connectivity index (χ3v) is 2.64. The molecule has 4 heteroatoms. The molecule has 0 spiro atoms. The van der Waals surface area contributed by atoms with Gasteiger partial charge in [-0.25, -0.2) is 0 Å². The van der Waals surface area contributed by atoms with Crippen LogP contribution in [0.3, 0.4) is 0 Å². The highest BCUT2D eigenvalue weighted by Gasteiger charge is 2.09. The van der Waals surface area contributed by atoms with Crippen LogP contribution in [0.1, 0.15) is 15.2 Å². The highest BCUT2D eigenvalue weighted by atomic mass is 32.1. The Morgan fingerprint density at radius 1 is 1.62 bits per heavy atom. The zero-order chi connectivity index (χ0) is 9.84. The van der Waals surface area contributed by atoms with E-state index >= 15 is 0 Å². The van der Waals surface area contributed by atoms with E-state index in [-0.39, 0.29) is 5.91 Å². The zero-order valence-electron chi connectivity index (χ0n) is 8.13. The van der Waals surface area contributed by atoms with Gasteiger partial charge in [0.25, 0.3) is 5.91 Å². The molecule has 1 heterocycles. The van der Waals surface area contributed by atoms with E-state index in [0.717, 1.165) is 10.4 Å². The van der Waals surface area contributed by atoms with Gasteiger partial charge in [-0.05, 0) is 38.0 Å². The Balaban J connectivity index is 2.54. The molecule has 1 aromatic heterocycles. The number of amides is 1. The van der Waals surface area contributed by atoms with Crippen molar-refractivity contribution in [1.82, 2.24) is 10.2 Å². The molecule has 0 aromatic carbocycles. The average molecular weight is 198 g/mol. The lowest BCUT2D eigenvalue weighted by Gasteiger charge is -2.10. The van der Waals surface area contributed by atoms with Crippen molar-refractivity contribution in [3.63, 3.8) is 0 Å². The lowest BCUT2D eigenvalue weighted by Crippen LogP contribution is -2.32. The van der Waals surface area contributed by atoms with E-state index < -0.39 is 0 Å². The number of hydrogen-bond acceptors (Lipinski definition) is 3. The quantitative estimate of drug-likeness (QED) is 0.743. The zero-order valence-corrected chi connectivity index (χ0v) is 8.94. The highest BCUT2D eigenvalue weighted by molar-refractivity contribution is 7.12. The van der Waals surface area contributed by atoms with E-state index in [1.54, 1.807) is 0 Å². The summed E-state index contributed by atoms with van der Waals surface area (Å²) >= 11 is 1.48. The Bertz CT molecular complexity index is 294. The first-order valence-corrected chi connectivity index (χ1v) is 4.96. The smallest absolute Gasteiger partial charge is 0.262 e. The summed E-state index contributed by atoms with van der Waals surface area (Å²) in [4.78, 5) is 14.2. The first kappa shape index (κ1) is 10.2. The number of carbonyl (C=O) groups is 1. The van der Waals surface area contributed by atoms with Gasteiger partial charge in [-0.2, -0.15) is 0 Å². The van der Waals surface area contributed by atoms with E-state index in [1.807, 2.05) is 37.4 Å². The minimum Gasteiger partial charge on any atom is -0.339 e. The number of thiophene rings is 1. The van der Waals surface area contributed by atoms with Crippen LogP contribution in [0.5, 0.6) is 0 Å². The van der Waals surface area contributed by atoms with Crippen LogP contribution in [0.25, 0.3) is 0 Å². The molecule has 0 aliphatic heterocycles. The van der Waals surface area contributed by atoms with Gasteiger partial charge in [0.2, 0.25) is 0 Å². The Morgan fingerprint density at radius 3 is 2.77 bits per heavy atom. The largest absolute Gasteiger partial charge is 0.339 e. The first-order chi connectivity index (χ1) is 6.11. The van der Waals surface area contributed by atoms with Crippen LogP contribution < -0.4 is 5.32 Å². The molecule has 0 radical (unpaired) electrons. The van der Waals surface area contributed by atoms with Crippen LogP contribution in [0.15, 0.2) is 11.4 Å². The molecule has 0 bridgehead atoms. The molecular formula is C9H14N2OS.